The van der Waals surface area contributed by atoms with Gasteiger partial charge in [-0.15, -0.1) is 0 Å². The molecule has 0 aliphatic rings. The fraction of sp³-hybridized carbons (Fsp3) is 0.983. The Bertz CT molecular complexity index is 1050. The van der Waals surface area contributed by atoms with Crippen LogP contribution < -0.4 is 0 Å². The van der Waals surface area contributed by atoms with E-state index in [1.807, 2.05) is 21.1 Å². The van der Waals surface area contributed by atoms with Gasteiger partial charge < -0.3 is 18.9 Å². The third-order valence-corrected chi connectivity index (χ3v) is 14.9. The summed E-state index contributed by atoms with van der Waals surface area (Å²) in [7, 11) is 1.69. The second-order valence-electron chi connectivity index (χ2n) is 22.1. The summed E-state index contributed by atoms with van der Waals surface area (Å²) in [6.07, 6.45) is 61.8. The van der Waals surface area contributed by atoms with Crippen LogP contribution in [0, 0.1) is 0 Å². The molecule has 408 valence electrons. The van der Waals surface area contributed by atoms with E-state index >= 15 is 0 Å². The molecule has 0 heterocycles. The number of phosphoric acid groups is 1. The van der Waals surface area contributed by atoms with Crippen molar-refractivity contribution in [3.63, 3.8) is 0 Å². The Kier molecular flexibility index (Phi) is 52.4. The number of nitrogens with zero attached hydrogens (tertiary/aromatic N) is 1. The number of phosphoric ester groups is 1. The number of rotatable bonds is 58. The smallest absolute Gasteiger partial charge is 0.457 e. The molecular formula is C59H121NO7P+. The van der Waals surface area contributed by atoms with Gasteiger partial charge in [0.05, 0.1) is 34.4 Å². The number of likely N-dealkylation sites (N-methyl/N-ethyl adjacent to an activating group) is 1. The molecule has 0 spiro atoms. The van der Waals surface area contributed by atoms with E-state index < -0.39 is 13.9 Å². The van der Waals surface area contributed by atoms with Crippen molar-refractivity contribution in [2.24, 2.45) is 0 Å². The van der Waals surface area contributed by atoms with Crippen molar-refractivity contribution in [3.05, 3.63) is 0 Å². The van der Waals surface area contributed by atoms with Crippen LogP contribution in [-0.4, -0.2) is 75.6 Å². The van der Waals surface area contributed by atoms with Crippen LogP contribution in [0.15, 0.2) is 0 Å². The lowest BCUT2D eigenvalue weighted by Gasteiger charge is -2.24. The highest BCUT2D eigenvalue weighted by atomic mass is 31.2. The van der Waals surface area contributed by atoms with E-state index in [1.165, 1.54) is 263 Å². The summed E-state index contributed by atoms with van der Waals surface area (Å²) in [6, 6.07) is 0. The van der Waals surface area contributed by atoms with Crippen molar-refractivity contribution < 1.29 is 37.3 Å². The quantitative estimate of drug-likeness (QED) is 0.0281. The lowest BCUT2D eigenvalue weighted by Crippen LogP contribution is -2.37. The maximum Gasteiger partial charge on any atom is 0.472 e. The van der Waals surface area contributed by atoms with Crippen LogP contribution in [0.1, 0.15) is 316 Å². The van der Waals surface area contributed by atoms with E-state index in [1.54, 1.807) is 0 Å². The lowest BCUT2D eigenvalue weighted by molar-refractivity contribution is -0.870. The summed E-state index contributed by atoms with van der Waals surface area (Å²) in [5, 5.41) is 0. The van der Waals surface area contributed by atoms with Gasteiger partial charge in [0.1, 0.15) is 19.3 Å². The van der Waals surface area contributed by atoms with Gasteiger partial charge in [-0.25, -0.2) is 4.57 Å². The van der Waals surface area contributed by atoms with Crippen LogP contribution in [0.4, 0.5) is 0 Å². The van der Waals surface area contributed by atoms with Gasteiger partial charge >= 0.3 is 13.8 Å². The summed E-state index contributed by atoms with van der Waals surface area (Å²) < 4.78 is 35.3. The molecule has 0 radical (unpaired) electrons. The molecule has 1 N–H and O–H groups in total. The van der Waals surface area contributed by atoms with Crippen molar-refractivity contribution in [2.75, 3.05) is 54.1 Å². The Balaban J connectivity index is 3.91. The molecule has 0 aromatic carbocycles. The predicted octanol–water partition coefficient (Wildman–Crippen LogP) is 19.1. The summed E-state index contributed by atoms with van der Waals surface area (Å²) in [4.78, 5) is 23.1. The predicted molar refractivity (Wildman–Crippen MR) is 294 cm³/mol. The Morgan fingerprint density at radius 3 is 0.971 bits per heavy atom. The topological polar surface area (TPSA) is 91.3 Å². The SMILES string of the molecule is CCCCCCCCCCCCCCCCCCCCCCCCCCCCCCCCC(=O)O[C@H](COCCCCCCCCCCCCCCCCCC)COP(=O)(O)OCC[N+](C)(C)C. The average Bonchev–Trinajstić information content (AvgIpc) is 3.30. The zero-order valence-corrected chi connectivity index (χ0v) is 47.5. The highest BCUT2D eigenvalue weighted by Gasteiger charge is 2.26. The van der Waals surface area contributed by atoms with Crippen molar-refractivity contribution in [1.29, 1.82) is 0 Å². The van der Waals surface area contributed by atoms with E-state index in [4.69, 9.17) is 18.5 Å². The van der Waals surface area contributed by atoms with Gasteiger partial charge in [-0.3, -0.25) is 13.8 Å². The van der Waals surface area contributed by atoms with Crippen molar-refractivity contribution in [2.45, 2.75) is 322 Å². The molecule has 2 atom stereocenters. The van der Waals surface area contributed by atoms with Crippen LogP contribution >= 0.6 is 7.82 Å². The van der Waals surface area contributed by atoms with Gasteiger partial charge in [-0.2, -0.15) is 0 Å². The lowest BCUT2D eigenvalue weighted by atomic mass is 10.0. The summed E-state index contributed by atoms with van der Waals surface area (Å²) in [5.41, 5.74) is 0. The number of esters is 1. The maximum atomic E-state index is 12.8. The average molecular weight is 988 g/mol. The molecule has 0 rings (SSSR count). The minimum atomic E-state index is -4.28. The molecule has 0 saturated heterocycles. The highest BCUT2D eigenvalue weighted by molar-refractivity contribution is 7.47. The van der Waals surface area contributed by atoms with Gasteiger partial charge in [-0.1, -0.05) is 296 Å². The third-order valence-electron chi connectivity index (χ3n) is 13.9. The first-order valence-electron chi connectivity index (χ1n) is 30.3. The van der Waals surface area contributed by atoms with Crippen molar-refractivity contribution >= 4 is 13.8 Å². The summed E-state index contributed by atoms with van der Waals surface area (Å²) >= 11 is 0. The van der Waals surface area contributed by atoms with Gasteiger partial charge in [-0.05, 0) is 12.8 Å². The Hall–Kier alpha value is -0.500. The molecule has 0 aromatic heterocycles. The highest BCUT2D eigenvalue weighted by Crippen LogP contribution is 2.43. The second-order valence-corrected chi connectivity index (χ2v) is 23.6. The molecule has 0 saturated carbocycles. The molecule has 0 fully saturated rings. The van der Waals surface area contributed by atoms with Crippen molar-refractivity contribution in [1.82, 2.24) is 0 Å². The number of quaternary nitrogens is 1. The largest absolute Gasteiger partial charge is 0.472 e. The first-order valence-corrected chi connectivity index (χ1v) is 31.8. The van der Waals surface area contributed by atoms with E-state index in [9.17, 15) is 14.3 Å². The molecule has 68 heavy (non-hydrogen) atoms. The fourth-order valence-electron chi connectivity index (χ4n) is 9.26. The standard InChI is InChI=1S/C59H120NO7P/c1-6-8-10-12-14-16-18-20-22-24-25-26-27-28-29-30-31-32-33-34-35-36-37-38-40-42-44-46-48-50-52-59(61)67-58(57-66-68(62,63)65-55-53-60(3,4)5)56-64-54-51-49-47-45-43-41-39-23-21-19-17-15-13-11-9-7-2/h58H,6-57H2,1-5H3/p+1/t58-/m1/s1. The normalized spacial score (nSPS) is 13.3. The Morgan fingerprint density at radius 1 is 0.397 bits per heavy atom. The summed E-state index contributed by atoms with van der Waals surface area (Å²) in [6.45, 7) is 5.72. The summed E-state index contributed by atoms with van der Waals surface area (Å²) in [5.74, 6) is -0.302. The zero-order valence-electron chi connectivity index (χ0n) is 46.6. The maximum absolute atomic E-state index is 12.8. The van der Waals surface area contributed by atoms with Crippen molar-refractivity contribution in [3.8, 4) is 0 Å². The first-order chi connectivity index (χ1) is 33.1. The van der Waals surface area contributed by atoms with E-state index in [0.29, 0.717) is 24.1 Å². The number of hydrogen-bond acceptors (Lipinski definition) is 6. The van der Waals surface area contributed by atoms with Crippen LogP contribution in [0.25, 0.3) is 0 Å². The molecule has 0 aromatic rings. The third kappa shape index (κ3) is 56.4. The molecule has 0 aliphatic carbocycles. The van der Waals surface area contributed by atoms with Crippen LogP contribution in [0.5, 0.6) is 0 Å². The van der Waals surface area contributed by atoms with Gasteiger partial charge in [0.25, 0.3) is 0 Å². The van der Waals surface area contributed by atoms with E-state index in [2.05, 4.69) is 13.8 Å². The second kappa shape index (κ2) is 52.8. The number of ether oxygens (including phenoxy) is 2. The molecule has 0 bridgehead atoms. The Morgan fingerprint density at radius 2 is 0.676 bits per heavy atom. The minimum Gasteiger partial charge on any atom is -0.457 e. The van der Waals surface area contributed by atoms with Gasteiger partial charge in [0.2, 0.25) is 0 Å². The molecule has 8 nitrogen and oxygen atoms in total. The fourth-order valence-corrected chi connectivity index (χ4v) is 10.0. The van der Waals surface area contributed by atoms with Gasteiger partial charge in [0.15, 0.2) is 0 Å². The van der Waals surface area contributed by atoms with Crippen LogP contribution in [0.3, 0.4) is 0 Å². The molecular weight excluding hydrogens is 866 g/mol. The molecule has 1 unspecified atom stereocenters. The zero-order chi connectivity index (χ0) is 49.8. The van der Waals surface area contributed by atoms with E-state index in [-0.39, 0.29) is 25.8 Å². The number of unbranched alkanes of at least 4 members (excludes halogenated alkanes) is 44. The molecule has 0 aliphatic heterocycles. The molecule has 0 amide bonds. The monoisotopic (exact) mass is 987 g/mol. The van der Waals surface area contributed by atoms with E-state index in [0.717, 1.165) is 32.1 Å². The first kappa shape index (κ1) is 67.5. The number of hydrogen-bond donors (Lipinski definition) is 1. The Labute approximate surface area is 425 Å². The number of carbonyl (C=O) groups is 1. The van der Waals surface area contributed by atoms with Gasteiger partial charge in [0, 0.05) is 13.0 Å². The van der Waals surface area contributed by atoms with Crippen LogP contribution in [-0.2, 0) is 27.9 Å². The number of carbonyl (C=O) groups excluding carboxylic acids is 1. The van der Waals surface area contributed by atoms with Crippen LogP contribution in [0.2, 0.25) is 0 Å². The minimum absolute atomic E-state index is 0.0944. The molecule has 9 heteroatoms.